The topological polar surface area (TPSA) is 29.5 Å². The zero-order valence-electron chi connectivity index (χ0n) is 39.2. The van der Waals surface area contributed by atoms with E-state index in [0.717, 1.165) is 61.3 Å². The van der Waals surface area contributed by atoms with Gasteiger partial charge in [0.25, 0.3) is 0 Å². The average molecular weight is 846 g/mol. The van der Waals surface area contributed by atoms with Crippen LogP contribution in [0.3, 0.4) is 0 Å². The van der Waals surface area contributed by atoms with Crippen LogP contribution in [0.25, 0.3) is 77.3 Å². The highest BCUT2D eigenvalue weighted by Gasteiger charge is 2.42. The van der Waals surface area contributed by atoms with E-state index in [0.29, 0.717) is 0 Å². The van der Waals surface area contributed by atoms with Crippen LogP contribution in [0, 0.1) is 0 Å². The summed E-state index contributed by atoms with van der Waals surface area (Å²) in [5.74, 6) is 0. The molecule has 0 saturated carbocycles. The zero-order valence-corrected chi connectivity index (χ0v) is 39.2. The van der Waals surface area contributed by atoms with E-state index in [1.165, 1.54) is 66.4 Å². The van der Waals surface area contributed by atoms with Crippen LogP contribution in [0.5, 0.6) is 0 Å². The summed E-state index contributed by atoms with van der Waals surface area (Å²) >= 11 is 0. The van der Waals surface area contributed by atoms with Gasteiger partial charge in [-0.15, -0.1) is 0 Å². The van der Waals surface area contributed by atoms with Crippen molar-refractivity contribution >= 4 is 60.9 Å². The predicted octanol–water partition coefficient (Wildman–Crippen LogP) is 17.8. The van der Waals surface area contributed by atoms with Crippen LogP contribution < -0.4 is 4.90 Å². The number of nitrogens with zero attached hydrogens (tertiary/aromatic N) is 1. The van der Waals surface area contributed by atoms with Crippen LogP contribution in [0.2, 0.25) is 0 Å². The fraction of sp³-hybridized carbons (Fsp3) is 0.226. The van der Waals surface area contributed by atoms with Gasteiger partial charge in [-0.3, -0.25) is 0 Å². The minimum Gasteiger partial charge on any atom is -0.455 e. The highest BCUT2D eigenvalue weighted by molar-refractivity contribution is 6.12. The normalized spacial score (nSPS) is 14.9. The number of anilines is 3. The second-order valence-electron chi connectivity index (χ2n) is 21.8. The predicted molar refractivity (Wildman–Crippen MR) is 274 cm³/mol. The minimum atomic E-state index is -0.328. The monoisotopic (exact) mass is 845 g/mol. The zero-order chi connectivity index (χ0) is 44.9. The molecular weight excluding hydrogens is 791 g/mol. The summed E-state index contributed by atoms with van der Waals surface area (Å²) < 4.78 is 13.8. The van der Waals surface area contributed by atoms with E-state index in [1.807, 2.05) is 6.07 Å². The van der Waals surface area contributed by atoms with Gasteiger partial charge in [0.1, 0.15) is 22.3 Å². The van der Waals surface area contributed by atoms with Crippen molar-refractivity contribution < 1.29 is 8.83 Å². The highest BCUT2D eigenvalue weighted by Crippen LogP contribution is 2.58. The van der Waals surface area contributed by atoms with E-state index < -0.39 is 0 Å². The van der Waals surface area contributed by atoms with Gasteiger partial charge in [-0.1, -0.05) is 172 Å². The van der Waals surface area contributed by atoms with Gasteiger partial charge in [0.05, 0.1) is 5.69 Å². The summed E-state index contributed by atoms with van der Waals surface area (Å²) in [4.78, 5) is 2.49. The molecule has 0 amide bonds. The molecule has 10 aromatic rings. The average Bonchev–Trinajstić information content (AvgIpc) is 3.98. The van der Waals surface area contributed by atoms with E-state index in [9.17, 15) is 0 Å². The quantitative estimate of drug-likeness (QED) is 0.177. The first-order chi connectivity index (χ1) is 31.0. The van der Waals surface area contributed by atoms with Crippen LogP contribution in [-0.2, 0) is 21.7 Å². The molecule has 0 radical (unpaired) electrons. The molecule has 0 fully saturated rings. The van der Waals surface area contributed by atoms with Gasteiger partial charge in [0, 0.05) is 66.0 Å². The number of rotatable bonds is 4. The standard InChI is InChI=1S/C62H55NO2/c1-59(2,3)37-33-47-45-31-32-46-54-49(62(9,10)55(46)58(45)65-57(47)51(34-37)60(4,5)6)22-16-23-52(54)63(39-29-30-42-41-17-11-13-21-48(41)61(7,8)50(42)35-39)38-27-25-36(26-28-38)40-19-15-20-44-43-18-12-14-24-53(43)64-56(40)44/h11-35H,1-10H3. The van der Waals surface area contributed by atoms with Gasteiger partial charge in [-0.05, 0) is 104 Å². The Balaban J connectivity index is 1.08. The van der Waals surface area contributed by atoms with Crippen LogP contribution in [0.4, 0.5) is 17.1 Å². The van der Waals surface area contributed by atoms with E-state index in [4.69, 9.17) is 8.83 Å². The SMILES string of the molecule is CC(C)(C)c1cc(C(C)(C)C)c2oc3c4c(ccc3c2c1)-c1c(N(c2ccc(-c3cccc5c3oc3ccccc35)cc2)c2ccc3c(c2)C(C)(C)c2ccccc2-3)cccc1C4(C)C. The molecule has 0 spiro atoms. The third-order valence-corrected chi connectivity index (χ3v) is 14.9. The van der Waals surface area contributed by atoms with Gasteiger partial charge >= 0.3 is 0 Å². The Bertz CT molecular complexity index is 3610. The lowest BCUT2D eigenvalue weighted by Crippen LogP contribution is -2.17. The lowest BCUT2D eigenvalue weighted by atomic mass is 9.79. The van der Waals surface area contributed by atoms with Crippen molar-refractivity contribution in [1.29, 1.82) is 0 Å². The molecule has 2 aliphatic carbocycles. The third-order valence-electron chi connectivity index (χ3n) is 14.9. The fourth-order valence-electron chi connectivity index (χ4n) is 11.4. The lowest BCUT2D eigenvalue weighted by Gasteiger charge is -2.30. The van der Waals surface area contributed by atoms with E-state index in [1.54, 1.807) is 0 Å². The molecule has 65 heavy (non-hydrogen) atoms. The Hall–Kier alpha value is -6.84. The second-order valence-corrected chi connectivity index (χ2v) is 21.8. The summed E-state index contributed by atoms with van der Waals surface area (Å²) in [7, 11) is 0. The molecule has 3 nitrogen and oxygen atoms in total. The summed E-state index contributed by atoms with van der Waals surface area (Å²) in [6, 6.07) is 56.3. The molecular formula is C62H55NO2. The van der Waals surface area contributed by atoms with Gasteiger partial charge in [0.15, 0.2) is 0 Å². The number of para-hydroxylation sites is 2. The number of benzene rings is 8. The summed E-state index contributed by atoms with van der Waals surface area (Å²) in [5, 5.41) is 4.66. The molecule has 2 aliphatic rings. The summed E-state index contributed by atoms with van der Waals surface area (Å²) in [6.07, 6.45) is 0. The van der Waals surface area contributed by atoms with Crippen molar-refractivity contribution in [2.75, 3.05) is 4.90 Å². The third kappa shape index (κ3) is 5.67. The first-order valence-corrected chi connectivity index (χ1v) is 23.3. The van der Waals surface area contributed by atoms with Crippen LogP contribution in [0.1, 0.15) is 103 Å². The van der Waals surface area contributed by atoms with Gasteiger partial charge in [-0.25, -0.2) is 0 Å². The Kier molecular flexibility index (Phi) is 8.17. The number of fused-ring (bicyclic) bond motifs is 13. The Morgan fingerprint density at radius 1 is 0.431 bits per heavy atom. The largest absolute Gasteiger partial charge is 0.455 e. The lowest BCUT2D eigenvalue weighted by molar-refractivity contribution is 0.556. The van der Waals surface area contributed by atoms with E-state index in [2.05, 4.69) is 220 Å². The van der Waals surface area contributed by atoms with Crippen molar-refractivity contribution in [2.24, 2.45) is 0 Å². The smallest absolute Gasteiger partial charge is 0.143 e. The molecule has 0 saturated heterocycles. The number of hydrogen-bond acceptors (Lipinski definition) is 3. The maximum atomic E-state index is 7.24. The molecule has 3 heteroatoms. The minimum absolute atomic E-state index is 0.00307. The molecule has 2 heterocycles. The first kappa shape index (κ1) is 39.7. The molecule has 0 N–H and O–H groups in total. The molecule has 0 atom stereocenters. The number of hydrogen-bond donors (Lipinski definition) is 0. The van der Waals surface area contributed by atoms with E-state index in [-0.39, 0.29) is 21.7 Å². The van der Waals surface area contributed by atoms with Crippen molar-refractivity contribution in [3.63, 3.8) is 0 Å². The van der Waals surface area contributed by atoms with Crippen molar-refractivity contribution in [2.45, 2.75) is 90.9 Å². The maximum Gasteiger partial charge on any atom is 0.143 e. The highest BCUT2D eigenvalue weighted by atomic mass is 16.3. The Morgan fingerprint density at radius 2 is 1.08 bits per heavy atom. The molecule has 2 aromatic heterocycles. The van der Waals surface area contributed by atoms with Gasteiger partial charge in [-0.2, -0.15) is 0 Å². The van der Waals surface area contributed by atoms with Crippen LogP contribution in [0.15, 0.2) is 160 Å². The Labute approximate surface area is 382 Å². The Morgan fingerprint density at radius 3 is 1.86 bits per heavy atom. The molecule has 0 bridgehead atoms. The van der Waals surface area contributed by atoms with Crippen LogP contribution >= 0.6 is 0 Å². The first-order valence-electron chi connectivity index (χ1n) is 23.3. The molecule has 0 unspecified atom stereocenters. The second kappa shape index (κ2) is 13.4. The van der Waals surface area contributed by atoms with Crippen molar-refractivity contribution in [3.8, 4) is 33.4 Å². The maximum absolute atomic E-state index is 7.24. The molecule has 8 aromatic carbocycles. The molecule has 320 valence electrons. The van der Waals surface area contributed by atoms with Crippen LogP contribution in [-0.4, -0.2) is 0 Å². The summed E-state index contributed by atoms with van der Waals surface area (Å²) in [5.41, 5.74) is 21.8. The number of furan rings is 2. The van der Waals surface area contributed by atoms with Crippen molar-refractivity contribution in [1.82, 2.24) is 0 Å². The van der Waals surface area contributed by atoms with Gasteiger partial charge in [0.2, 0.25) is 0 Å². The summed E-state index contributed by atoms with van der Waals surface area (Å²) in [6.45, 7) is 23.3. The van der Waals surface area contributed by atoms with Gasteiger partial charge < -0.3 is 13.7 Å². The van der Waals surface area contributed by atoms with E-state index >= 15 is 0 Å². The fourth-order valence-corrected chi connectivity index (χ4v) is 11.4. The van der Waals surface area contributed by atoms with Crippen molar-refractivity contribution in [3.05, 3.63) is 185 Å². The molecule has 0 aliphatic heterocycles. The molecule has 12 rings (SSSR count).